The Morgan fingerprint density at radius 3 is 2.23 bits per heavy atom. The van der Waals surface area contributed by atoms with Crippen molar-refractivity contribution in [2.24, 2.45) is 0 Å². The van der Waals surface area contributed by atoms with Crippen LogP contribution in [0.25, 0.3) is 11.0 Å². The van der Waals surface area contributed by atoms with Crippen molar-refractivity contribution in [2.45, 2.75) is 12.3 Å². The van der Waals surface area contributed by atoms with Gasteiger partial charge in [-0.2, -0.15) is 0 Å². The third-order valence-electron chi connectivity index (χ3n) is 4.80. The Kier molecular flexibility index (Phi) is 6.15. The zero-order valence-electron chi connectivity index (χ0n) is 17.1. The van der Waals surface area contributed by atoms with Crippen molar-refractivity contribution >= 4 is 16.9 Å². The molecule has 158 valence electrons. The topological polar surface area (TPSA) is 104 Å². The predicted molar refractivity (Wildman–Crippen MR) is 109 cm³/mol. The molecule has 0 aliphatic rings. The normalized spacial score (nSPS) is 11.7. The summed E-state index contributed by atoms with van der Waals surface area (Å²) >= 11 is 0. The summed E-state index contributed by atoms with van der Waals surface area (Å²) in [5.74, 6) is -0.958. The van der Waals surface area contributed by atoms with Crippen molar-refractivity contribution in [3.8, 4) is 23.0 Å². The third kappa shape index (κ3) is 3.76. The molecule has 0 saturated carbocycles. The molecule has 30 heavy (non-hydrogen) atoms. The minimum absolute atomic E-state index is 0.0571. The first-order chi connectivity index (χ1) is 14.4. The highest BCUT2D eigenvalue weighted by Crippen LogP contribution is 2.43. The molecule has 0 radical (unpaired) electrons. The second-order valence-corrected chi connectivity index (χ2v) is 6.43. The number of aromatic hydroxyl groups is 1. The molecule has 1 atom stereocenters. The van der Waals surface area contributed by atoms with Gasteiger partial charge in [0.2, 0.25) is 16.9 Å². The largest absolute Gasteiger partial charge is 0.502 e. The van der Waals surface area contributed by atoms with Crippen LogP contribution in [-0.2, 0) is 9.53 Å². The molecule has 8 heteroatoms. The van der Waals surface area contributed by atoms with Gasteiger partial charge in [-0.3, -0.25) is 9.59 Å². The summed E-state index contributed by atoms with van der Waals surface area (Å²) in [6.45, 7) is 0. The standard InChI is InChI=1S/C22H22O8/c1-26-16-9-12(10-17(27-2)22(16)29-4)14(11-18(23)28-3)21-20(25)19(24)13-7-5-6-8-15(13)30-21/h5-10,14,25H,11H2,1-4H3/t14-/m0/s1. The molecule has 3 rings (SSSR count). The van der Waals surface area contributed by atoms with Crippen LogP contribution in [0.2, 0.25) is 0 Å². The molecule has 0 unspecified atom stereocenters. The Morgan fingerprint density at radius 2 is 1.67 bits per heavy atom. The van der Waals surface area contributed by atoms with E-state index in [-0.39, 0.29) is 23.2 Å². The lowest BCUT2D eigenvalue weighted by Crippen LogP contribution is -2.14. The van der Waals surface area contributed by atoms with Gasteiger partial charge >= 0.3 is 5.97 Å². The van der Waals surface area contributed by atoms with Gasteiger partial charge in [0.15, 0.2) is 17.3 Å². The molecule has 1 N–H and O–H groups in total. The van der Waals surface area contributed by atoms with E-state index >= 15 is 0 Å². The molecule has 0 aliphatic carbocycles. The highest BCUT2D eigenvalue weighted by atomic mass is 16.5. The van der Waals surface area contributed by atoms with E-state index in [9.17, 15) is 14.7 Å². The number of rotatable bonds is 7. The average Bonchev–Trinajstić information content (AvgIpc) is 2.78. The summed E-state index contributed by atoms with van der Waals surface area (Å²) in [6, 6.07) is 9.81. The van der Waals surface area contributed by atoms with E-state index < -0.39 is 23.1 Å². The van der Waals surface area contributed by atoms with E-state index in [0.29, 0.717) is 22.8 Å². The highest BCUT2D eigenvalue weighted by molar-refractivity contribution is 5.78. The van der Waals surface area contributed by atoms with Gasteiger partial charge in [-0.25, -0.2) is 0 Å². The molecule has 1 aromatic heterocycles. The summed E-state index contributed by atoms with van der Waals surface area (Å²) in [4.78, 5) is 24.8. The second kappa shape index (κ2) is 8.77. The van der Waals surface area contributed by atoms with Crippen LogP contribution in [0.4, 0.5) is 0 Å². The number of carbonyl (C=O) groups excluding carboxylic acids is 1. The van der Waals surface area contributed by atoms with Crippen molar-refractivity contribution in [3.63, 3.8) is 0 Å². The summed E-state index contributed by atoms with van der Waals surface area (Å²) in [6.07, 6.45) is -0.190. The summed E-state index contributed by atoms with van der Waals surface area (Å²) < 4.78 is 26.8. The minimum atomic E-state index is -0.844. The molecular formula is C22H22O8. The van der Waals surface area contributed by atoms with Gasteiger partial charge in [0.1, 0.15) is 5.58 Å². The fourth-order valence-corrected chi connectivity index (χ4v) is 3.30. The Balaban J connectivity index is 2.28. The monoisotopic (exact) mass is 414 g/mol. The van der Waals surface area contributed by atoms with Crippen LogP contribution in [0.1, 0.15) is 23.7 Å². The molecule has 8 nitrogen and oxygen atoms in total. The molecule has 2 aromatic carbocycles. The molecule has 1 heterocycles. The number of ether oxygens (including phenoxy) is 4. The fraction of sp³-hybridized carbons (Fsp3) is 0.273. The number of hydrogen-bond acceptors (Lipinski definition) is 8. The van der Waals surface area contributed by atoms with Crippen molar-refractivity contribution in [2.75, 3.05) is 28.4 Å². The molecule has 0 saturated heterocycles. The Bertz CT molecular complexity index is 1110. The average molecular weight is 414 g/mol. The van der Waals surface area contributed by atoms with Gasteiger partial charge in [-0.05, 0) is 29.8 Å². The first-order valence-corrected chi connectivity index (χ1v) is 9.06. The zero-order valence-corrected chi connectivity index (χ0v) is 17.1. The van der Waals surface area contributed by atoms with E-state index in [1.807, 2.05) is 0 Å². The van der Waals surface area contributed by atoms with Crippen molar-refractivity contribution in [1.82, 2.24) is 0 Å². The second-order valence-electron chi connectivity index (χ2n) is 6.43. The molecule has 0 aliphatic heterocycles. The fourth-order valence-electron chi connectivity index (χ4n) is 3.30. The van der Waals surface area contributed by atoms with Crippen molar-refractivity contribution in [3.05, 3.63) is 57.9 Å². The van der Waals surface area contributed by atoms with Crippen LogP contribution in [-0.4, -0.2) is 39.5 Å². The van der Waals surface area contributed by atoms with Gasteiger partial charge < -0.3 is 28.5 Å². The van der Waals surface area contributed by atoms with Crippen LogP contribution in [0.3, 0.4) is 0 Å². The maximum Gasteiger partial charge on any atom is 0.306 e. The van der Waals surface area contributed by atoms with Gasteiger partial charge in [0.05, 0.1) is 46.2 Å². The van der Waals surface area contributed by atoms with Crippen molar-refractivity contribution < 1.29 is 33.3 Å². The van der Waals surface area contributed by atoms with Crippen LogP contribution in [0.5, 0.6) is 23.0 Å². The lowest BCUT2D eigenvalue weighted by atomic mass is 9.91. The van der Waals surface area contributed by atoms with Gasteiger partial charge in [-0.1, -0.05) is 12.1 Å². The van der Waals surface area contributed by atoms with Gasteiger partial charge in [0, 0.05) is 0 Å². The predicted octanol–water partition coefficient (Wildman–Crippen LogP) is 3.22. The maximum atomic E-state index is 12.7. The molecular weight excluding hydrogens is 392 g/mol. The Morgan fingerprint density at radius 1 is 1.03 bits per heavy atom. The molecule has 3 aromatic rings. The zero-order chi connectivity index (χ0) is 21.8. The number of methoxy groups -OCH3 is 4. The number of fused-ring (bicyclic) bond motifs is 1. The molecule has 0 spiro atoms. The number of benzene rings is 2. The first-order valence-electron chi connectivity index (χ1n) is 9.06. The van der Waals surface area contributed by atoms with E-state index in [2.05, 4.69) is 0 Å². The summed E-state index contributed by atoms with van der Waals surface area (Å²) in [5, 5.41) is 10.9. The lowest BCUT2D eigenvalue weighted by Gasteiger charge is -2.20. The molecule has 0 bridgehead atoms. The summed E-state index contributed by atoms with van der Waals surface area (Å²) in [7, 11) is 5.65. The Hall–Kier alpha value is -3.68. The van der Waals surface area contributed by atoms with Gasteiger partial charge in [0.25, 0.3) is 0 Å². The third-order valence-corrected chi connectivity index (χ3v) is 4.80. The maximum absolute atomic E-state index is 12.7. The SMILES string of the molecule is COC(=O)C[C@@H](c1cc(OC)c(OC)c(OC)c1)c1oc2ccccc2c(=O)c1O. The van der Waals surface area contributed by atoms with Crippen molar-refractivity contribution in [1.29, 1.82) is 0 Å². The van der Waals surface area contributed by atoms with E-state index in [1.165, 1.54) is 28.4 Å². The van der Waals surface area contributed by atoms with Crippen LogP contribution in [0, 0.1) is 0 Å². The number of carbonyl (C=O) groups is 1. The summed E-state index contributed by atoms with van der Waals surface area (Å²) in [5.41, 5.74) is 0.204. The quantitative estimate of drug-likeness (QED) is 0.588. The smallest absolute Gasteiger partial charge is 0.306 e. The van der Waals surface area contributed by atoms with E-state index in [0.717, 1.165) is 0 Å². The van der Waals surface area contributed by atoms with Crippen LogP contribution >= 0.6 is 0 Å². The lowest BCUT2D eigenvalue weighted by molar-refractivity contribution is -0.140. The van der Waals surface area contributed by atoms with Crippen LogP contribution < -0.4 is 19.6 Å². The van der Waals surface area contributed by atoms with Gasteiger partial charge in [-0.15, -0.1) is 0 Å². The number of para-hydroxylation sites is 1. The van der Waals surface area contributed by atoms with E-state index in [1.54, 1.807) is 36.4 Å². The van der Waals surface area contributed by atoms with Crippen LogP contribution in [0.15, 0.2) is 45.6 Å². The highest BCUT2D eigenvalue weighted by Gasteiger charge is 2.29. The first kappa shape index (κ1) is 21.0. The minimum Gasteiger partial charge on any atom is -0.502 e. The molecule has 0 amide bonds. The number of esters is 1. The Labute approximate surface area is 172 Å². The number of hydrogen-bond donors (Lipinski definition) is 1. The van der Waals surface area contributed by atoms with E-state index in [4.69, 9.17) is 23.4 Å². The molecule has 0 fully saturated rings.